The molecule has 0 heterocycles. The van der Waals surface area contributed by atoms with Crippen LogP contribution in [0, 0.1) is 0 Å². The molecule has 2 nitrogen and oxygen atoms in total. The van der Waals surface area contributed by atoms with Crippen molar-refractivity contribution in [3.63, 3.8) is 0 Å². The van der Waals surface area contributed by atoms with Gasteiger partial charge in [-0.25, -0.2) is 0 Å². The van der Waals surface area contributed by atoms with Crippen LogP contribution in [0.1, 0.15) is 77.6 Å². The number of hydrogen-bond acceptors (Lipinski definition) is 2. The first-order chi connectivity index (χ1) is 7.81. The fraction of sp³-hybridized carbons (Fsp3) is 0.857. The maximum absolute atomic E-state index is 11.0. The fourth-order valence-corrected chi connectivity index (χ4v) is 1.79. The number of ketones is 1. The van der Waals surface area contributed by atoms with Gasteiger partial charge in [-0.2, -0.15) is 0 Å². The molecule has 0 fully saturated rings. The van der Waals surface area contributed by atoms with Crippen LogP contribution in [0.2, 0.25) is 0 Å². The van der Waals surface area contributed by atoms with Crippen LogP contribution in [0.4, 0.5) is 0 Å². The van der Waals surface area contributed by atoms with E-state index in [2.05, 4.69) is 0 Å². The lowest BCUT2D eigenvalue weighted by Crippen LogP contribution is -1.94. The van der Waals surface area contributed by atoms with Crippen molar-refractivity contribution in [3.05, 3.63) is 0 Å². The molecule has 0 aromatic rings. The van der Waals surface area contributed by atoms with E-state index in [0.717, 1.165) is 32.0 Å². The Morgan fingerprint density at radius 2 is 1.38 bits per heavy atom. The number of rotatable bonds is 12. The van der Waals surface area contributed by atoms with Gasteiger partial charge in [-0.3, -0.25) is 4.79 Å². The molecular weight excluding hydrogens is 200 g/mol. The number of carbonyl (C=O) groups is 2. The highest BCUT2D eigenvalue weighted by Gasteiger charge is 1.97. The third-order valence-electron chi connectivity index (χ3n) is 2.92. The summed E-state index contributed by atoms with van der Waals surface area (Å²) in [6, 6.07) is 0. The minimum Gasteiger partial charge on any atom is -0.303 e. The second kappa shape index (κ2) is 12.4. The molecule has 0 saturated heterocycles. The molecule has 0 saturated carbocycles. The zero-order valence-electron chi connectivity index (χ0n) is 10.7. The number of hydrogen-bond donors (Lipinski definition) is 0. The lowest BCUT2D eigenvalue weighted by Gasteiger charge is -2.01. The summed E-state index contributed by atoms with van der Waals surface area (Å²) < 4.78 is 0. The van der Waals surface area contributed by atoms with Gasteiger partial charge in [0.25, 0.3) is 0 Å². The van der Waals surface area contributed by atoms with Crippen molar-refractivity contribution >= 4 is 12.1 Å². The van der Waals surface area contributed by atoms with E-state index in [-0.39, 0.29) is 0 Å². The van der Waals surface area contributed by atoms with Crippen molar-refractivity contribution in [1.29, 1.82) is 0 Å². The molecule has 0 radical (unpaired) electrons. The monoisotopic (exact) mass is 226 g/mol. The Hall–Kier alpha value is -0.660. The van der Waals surface area contributed by atoms with Gasteiger partial charge < -0.3 is 4.79 Å². The Bertz CT molecular complexity index is 176. The number of carbonyl (C=O) groups excluding carboxylic acids is 2. The van der Waals surface area contributed by atoms with Gasteiger partial charge in [-0.15, -0.1) is 0 Å². The van der Waals surface area contributed by atoms with E-state index >= 15 is 0 Å². The quantitative estimate of drug-likeness (QED) is 0.371. The molecule has 0 aliphatic rings. The smallest absolute Gasteiger partial charge is 0.132 e. The highest BCUT2D eigenvalue weighted by atomic mass is 16.1. The zero-order valence-corrected chi connectivity index (χ0v) is 10.7. The van der Waals surface area contributed by atoms with Gasteiger partial charge in [0.15, 0.2) is 0 Å². The van der Waals surface area contributed by atoms with Crippen molar-refractivity contribution < 1.29 is 9.59 Å². The van der Waals surface area contributed by atoms with Crippen LogP contribution in [-0.4, -0.2) is 12.1 Å². The van der Waals surface area contributed by atoms with Crippen LogP contribution in [0.3, 0.4) is 0 Å². The summed E-state index contributed by atoms with van der Waals surface area (Å²) in [5.74, 6) is 0.397. The number of aldehydes is 1. The predicted molar refractivity (Wildman–Crippen MR) is 67.5 cm³/mol. The van der Waals surface area contributed by atoms with Gasteiger partial charge in [-0.05, 0) is 12.8 Å². The van der Waals surface area contributed by atoms with Gasteiger partial charge in [0.05, 0.1) is 0 Å². The molecule has 0 N–H and O–H groups in total. The Morgan fingerprint density at radius 1 is 0.875 bits per heavy atom. The molecule has 0 unspecified atom stereocenters. The van der Waals surface area contributed by atoms with E-state index in [1.165, 1.54) is 38.5 Å². The topological polar surface area (TPSA) is 34.1 Å². The summed E-state index contributed by atoms with van der Waals surface area (Å²) >= 11 is 0. The zero-order chi connectivity index (χ0) is 12.1. The maximum atomic E-state index is 11.0. The molecule has 0 aliphatic carbocycles. The average molecular weight is 226 g/mol. The van der Waals surface area contributed by atoms with Crippen molar-refractivity contribution in [2.45, 2.75) is 77.6 Å². The van der Waals surface area contributed by atoms with Crippen LogP contribution < -0.4 is 0 Å². The van der Waals surface area contributed by atoms with E-state index in [1.54, 1.807) is 0 Å². The van der Waals surface area contributed by atoms with E-state index in [4.69, 9.17) is 0 Å². The summed E-state index contributed by atoms with van der Waals surface area (Å²) in [7, 11) is 0. The fourth-order valence-electron chi connectivity index (χ4n) is 1.79. The highest BCUT2D eigenvalue weighted by molar-refractivity contribution is 5.77. The Labute approximate surface area is 99.8 Å². The lowest BCUT2D eigenvalue weighted by atomic mass is 10.1. The molecule has 0 aliphatic heterocycles. The average Bonchev–Trinajstić information content (AvgIpc) is 2.31. The number of unbranched alkanes of at least 4 members (excludes halogenated alkanes) is 8. The third-order valence-corrected chi connectivity index (χ3v) is 2.92. The maximum Gasteiger partial charge on any atom is 0.132 e. The molecule has 0 spiro atoms. The molecule has 16 heavy (non-hydrogen) atoms. The summed E-state index contributed by atoms with van der Waals surface area (Å²) in [6.07, 6.45) is 12.8. The van der Waals surface area contributed by atoms with E-state index in [0.29, 0.717) is 12.2 Å². The molecule has 0 amide bonds. The van der Waals surface area contributed by atoms with Gasteiger partial charge in [0.2, 0.25) is 0 Å². The van der Waals surface area contributed by atoms with Gasteiger partial charge in [-0.1, -0.05) is 45.4 Å². The molecule has 2 heteroatoms. The Balaban J connectivity index is 2.98. The van der Waals surface area contributed by atoms with E-state index in [1.807, 2.05) is 6.92 Å². The van der Waals surface area contributed by atoms with Gasteiger partial charge >= 0.3 is 0 Å². The molecule has 0 aromatic heterocycles. The predicted octanol–water partition coefficient (Wildman–Crippen LogP) is 4.07. The molecule has 94 valence electrons. The minimum absolute atomic E-state index is 0.397. The SMILES string of the molecule is CCC(=O)CCCCCCCCCCC=O. The second-order valence-corrected chi connectivity index (χ2v) is 4.43. The third kappa shape index (κ3) is 11.4. The molecular formula is C14H26O2. The Kier molecular flexibility index (Phi) is 11.9. The van der Waals surface area contributed by atoms with Crippen molar-refractivity contribution in [2.75, 3.05) is 0 Å². The molecule has 0 rings (SSSR count). The second-order valence-electron chi connectivity index (χ2n) is 4.43. The van der Waals surface area contributed by atoms with E-state index in [9.17, 15) is 9.59 Å². The highest BCUT2D eigenvalue weighted by Crippen LogP contribution is 2.10. The largest absolute Gasteiger partial charge is 0.303 e. The number of Topliss-reactive ketones (excluding diaryl/α,β-unsaturated/α-hetero) is 1. The first-order valence-corrected chi connectivity index (χ1v) is 6.76. The molecule has 0 bridgehead atoms. The first kappa shape index (κ1) is 15.3. The first-order valence-electron chi connectivity index (χ1n) is 6.76. The van der Waals surface area contributed by atoms with Crippen LogP contribution in [0.5, 0.6) is 0 Å². The standard InChI is InChI=1S/C14H26O2/c1-2-14(16)12-10-8-6-4-3-5-7-9-11-13-15/h13H,2-12H2,1H3. The van der Waals surface area contributed by atoms with Gasteiger partial charge in [0, 0.05) is 19.3 Å². The summed E-state index contributed by atoms with van der Waals surface area (Å²) in [4.78, 5) is 21.1. The van der Waals surface area contributed by atoms with Crippen LogP contribution >= 0.6 is 0 Å². The Morgan fingerprint density at radius 3 is 1.88 bits per heavy atom. The molecule has 0 atom stereocenters. The van der Waals surface area contributed by atoms with Crippen LogP contribution in [0.15, 0.2) is 0 Å². The van der Waals surface area contributed by atoms with Crippen molar-refractivity contribution in [2.24, 2.45) is 0 Å². The molecule has 0 aromatic carbocycles. The van der Waals surface area contributed by atoms with Crippen LogP contribution in [-0.2, 0) is 9.59 Å². The summed E-state index contributed by atoms with van der Waals surface area (Å²) in [6.45, 7) is 1.93. The summed E-state index contributed by atoms with van der Waals surface area (Å²) in [5, 5.41) is 0. The minimum atomic E-state index is 0.397. The van der Waals surface area contributed by atoms with Crippen LogP contribution in [0.25, 0.3) is 0 Å². The lowest BCUT2D eigenvalue weighted by molar-refractivity contribution is -0.118. The van der Waals surface area contributed by atoms with Crippen molar-refractivity contribution in [1.82, 2.24) is 0 Å². The van der Waals surface area contributed by atoms with E-state index < -0.39 is 0 Å². The van der Waals surface area contributed by atoms with Gasteiger partial charge in [0.1, 0.15) is 12.1 Å². The summed E-state index contributed by atoms with van der Waals surface area (Å²) in [5.41, 5.74) is 0. The normalized spacial score (nSPS) is 10.3. The van der Waals surface area contributed by atoms with Crippen molar-refractivity contribution in [3.8, 4) is 0 Å².